The highest BCUT2D eigenvalue weighted by Crippen LogP contribution is 2.31. The second-order valence-corrected chi connectivity index (χ2v) is 6.27. The number of quaternary nitrogens is 1. The van der Waals surface area contributed by atoms with E-state index in [1.54, 1.807) is 0 Å². The van der Waals surface area contributed by atoms with E-state index < -0.39 is 0 Å². The van der Waals surface area contributed by atoms with Crippen LogP contribution in [0.15, 0.2) is 0 Å². The molecule has 0 aromatic rings. The standard InChI is InChI=1S/C13H20BrNO/c1-10(14)2-3-11-8-13(9-11)16-12-4-6-15-7-5-12/h10-13,15H,4-9H2,1H3/p+1. The van der Waals surface area contributed by atoms with Gasteiger partial charge >= 0.3 is 0 Å². The number of alkyl halides is 1. The van der Waals surface area contributed by atoms with E-state index >= 15 is 0 Å². The number of rotatable bonds is 2. The summed E-state index contributed by atoms with van der Waals surface area (Å²) in [6.45, 7) is 4.54. The Hall–Kier alpha value is -0.0400. The maximum atomic E-state index is 6.06. The Balaban J connectivity index is 1.63. The van der Waals surface area contributed by atoms with Crippen molar-refractivity contribution in [3.05, 3.63) is 0 Å². The summed E-state index contributed by atoms with van der Waals surface area (Å²) in [7, 11) is 0. The Morgan fingerprint density at radius 3 is 2.56 bits per heavy atom. The average molecular weight is 287 g/mol. The predicted molar refractivity (Wildman–Crippen MR) is 68.4 cm³/mol. The van der Waals surface area contributed by atoms with Gasteiger partial charge in [-0.25, -0.2) is 0 Å². The lowest BCUT2D eigenvalue weighted by molar-refractivity contribution is -0.665. The summed E-state index contributed by atoms with van der Waals surface area (Å²) < 4.78 is 6.06. The van der Waals surface area contributed by atoms with Crippen molar-refractivity contribution in [1.82, 2.24) is 0 Å². The van der Waals surface area contributed by atoms with Crippen molar-refractivity contribution in [3.63, 3.8) is 0 Å². The maximum absolute atomic E-state index is 6.06. The summed E-state index contributed by atoms with van der Waals surface area (Å²) in [6.07, 6.45) is 5.77. The molecule has 2 fully saturated rings. The smallest absolute Gasteiger partial charge is 0.0780 e. The first-order valence-electron chi connectivity index (χ1n) is 6.36. The first-order valence-corrected chi connectivity index (χ1v) is 7.28. The molecule has 0 bridgehead atoms. The highest BCUT2D eigenvalue weighted by Gasteiger charge is 2.31. The first kappa shape index (κ1) is 12.4. The molecule has 0 aromatic heterocycles. The highest BCUT2D eigenvalue weighted by atomic mass is 79.9. The first-order chi connectivity index (χ1) is 7.74. The molecule has 0 spiro atoms. The number of hydrogen-bond acceptors (Lipinski definition) is 1. The van der Waals surface area contributed by atoms with Crippen LogP contribution in [0.4, 0.5) is 0 Å². The van der Waals surface area contributed by atoms with Gasteiger partial charge in [-0.3, -0.25) is 0 Å². The molecule has 0 amide bonds. The van der Waals surface area contributed by atoms with Gasteiger partial charge < -0.3 is 10.1 Å². The van der Waals surface area contributed by atoms with Gasteiger partial charge in [0.1, 0.15) is 0 Å². The van der Waals surface area contributed by atoms with Gasteiger partial charge in [0.15, 0.2) is 0 Å². The molecule has 1 atom stereocenters. The van der Waals surface area contributed by atoms with Crippen LogP contribution in [0, 0.1) is 17.8 Å². The molecule has 2 N–H and O–H groups in total. The van der Waals surface area contributed by atoms with Crippen LogP contribution in [0.25, 0.3) is 0 Å². The Morgan fingerprint density at radius 2 is 1.94 bits per heavy atom. The molecule has 0 aromatic carbocycles. The molecular weight excluding hydrogens is 266 g/mol. The fourth-order valence-electron chi connectivity index (χ4n) is 2.33. The van der Waals surface area contributed by atoms with E-state index in [0.29, 0.717) is 23.0 Å². The summed E-state index contributed by atoms with van der Waals surface area (Å²) in [5, 5.41) is 2.38. The van der Waals surface area contributed by atoms with Crippen LogP contribution in [0.5, 0.6) is 0 Å². The molecule has 0 radical (unpaired) electrons. The van der Waals surface area contributed by atoms with Crippen LogP contribution in [-0.4, -0.2) is 30.1 Å². The third-order valence-corrected chi connectivity index (χ3v) is 3.58. The lowest BCUT2D eigenvalue weighted by Gasteiger charge is -2.35. The number of piperidine rings is 1. The minimum absolute atomic E-state index is 0.321. The fourth-order valence-corrected chi connectivity index (χ4v) is 2.46. The van der Waals surface area contributed by atoms with Crippen molar-refractivity contribution in [2.24, 2.45) is 5.92 Å². The molecule has 1 aliphatic carbocycles. The lowest BCUT2D eigenvalue weighted by Crippen LogP contribution is -2.86. The van der Waals surface area contributed by atoms with E-state index in [0.717, 1.165) is 12.8 Å². The predicted octanol–water partition coefficient (Wildman–Crippen LogP) is 1.29. The Bertz CT molecular complexity index is 269. The second-order valence-electron chi connectivity index (χ2n) is 4.90. The van der Waals surface area contributed by atoms with Gasteiger partial charge in [-0.15, -0.1) is 0 Å². The monoisotopic (exact) mass is 286 g/mol. The summed E-state index contributed by atoms with van der Waals surface area (Å²) >= 11 is 3.44. The normalized spacial score (nSPS) is 32.4. The molecule has 2 aliphatic rings. The molecule has 2 nitrogen and oxygen atoms in total. The molecule has 1 aliphatic heterocycles. The Labute approximate surface area is 107 Å². The molecule has 3 heteroatoms. The van der Waals surface area contributed by atoms with Gasteiger partial charge in [0.25, 0.3) is 0 Å². The molecule has 1 heterocycles. The molecule has 1 saturated heterocycles. The highest BCUT2D eigenvalue weighted by molar-refractivity contribution is 9.09. The van der Waals surface area contributed by atoms with Gasteiger partial charge in [-0.1, -0.05) is 27.8 Å². The SMILES string of the molecule is CC(Br)C#CC1CC(OC2CC[NH2+]CC2)C1. The van der Waals surface area contributed by atoms with Crippen LogP contribution >= 0.6 is 15.9 Å². The molecular formula is C13H21BrNO+. The average Bonchev–Trinajstić information content (AvgIpc) is 2.22. The van der Waals surface area contributed by atoms with E-state index in [1.165, 1.54) is 25.9 Å². The van der Waals surface area contributed by atoms with Crippen LogP contribution in [-0.2, 0) is 4.74 Å². The fraction of sp³-hybridized carbons (Fsp3) is 0.846. The zero-order valence-corrected chi connectivity index (χ0v) is 11.5. The summed E-state index contributed by atoms with van der Waals surface area (Å²) in [5.41, 5.74) is 0. The van der Waals surface area contributed by atoms with E-state index in [9.17, 15) is 0 Å². The third kappa shape index (κ3) is 3.76. The van der Waals surface area contributed by atoms with Crippen molar-refractivity contribution in [2.45, 2.75) is 49.6 Å². The van der Waals surface area contributed by atoms with Gasteiger partial charge in [0.2, 0.25) is 0 Å². The maximum Gasteiger partial charge on any atom is 0.0780 e. The van der Waals surface area contributed by atoms with Crippen molar-refractivity contribution >= 4 is 15.9 Å². The van der Waals surface area contributed by atoms with E-state index in [-0.39, 0.29) is 0 Å². The van der Waals surface area contributed by atoms with Crippen molar-refractivity contribution in [3.8, 4) is 11.8 Å². The zero-order chi connectivity index (χ0) is 11.4. The van der Waals surface area contributed by atoms with Gasteiger partial charge in [0, 0.05) is 18.8 Å². The lowest BCUT2D eigenvalue weighted by atomic mass is 9.82. The summed E-state index contributed by atoms with van der Waals surface area (Å²) in [5.74, 6) is 7.06. The minimum atomic E-state index is 0.321. The zero-order valence-electron chi connectivity index (χ0n) is 9.92. The minimum Gasteiger partial charge on any atom is -0.374 e. The van der Waals surface area contributed by atoms with Crippen LogP contribution in [0.3, 0.4) is 0 Å². The Kier molecular flexibility index (Phi) is 4.69. The number of nitrogens with two attached hydrogens (primary N) is 1. The summed E-state index contributed by atoms with van der Waals surface area (Å²) in [4.78, 5) is 0.321. The molecule has 1 saturated carbocycles. The second kappa shape index (κ2) is 6.05. The van der Waals surface area contributed by atoms with E-state index in [4.69, 9.17) is 4.74 Å². The quantitative estimate of drug-likeness (QED) is 0.601. The number of hydrogen-bond donors (Lipinski definition) is 1. The molecule has 1 unspecified atom stereocenters. The van der Waals surface area contributed by atoms with Gasteiger partial charge in [-0.2, -0.15) is 0 Å². The number of halogens is 1. The molecule has 2 rings (SSSR count). The van der Waals surface area contributed by atoms with Gasteiger partial charge in [-0.05, 0) is 19.8 Å². The number of ether oxygens (including phenoxy) is 1. The molecule has 16 heavy (non-hydrogen) atoms. The van der Waals surface area contributed by atoms with Crippen molar-refractivity contribution in [2.75, 3.05) is 13.1 Å². The van der Waals surface area contributed by atoms with E-state index in [2.05, 4.69) is 40.0 Å². The molecule has 90 valence electrons. The van der Waals surface area contributed by atoms with E-state index in [1.807, 2.05) is 0 Å². The van der Waals surface area contributed by atoms with Crippen molar-refractivity contribution in [1.29, 1.82) is 0 Å². The topological polar surface area (TPSA) is 25.8 Å². The van der Waals surface area contributed by atoms with Crippen LogP contribution < -0.4 is 5.32 Å². The van der Waals surface area contributed by atoms with Crippen LogP contribution in [0.1, 0.15) is 32.6 Å². The van der Waals surface area contributed by atoms with Gasteiger partial charge in [0.05, 0.1) is 30.1 Å². The van der Waals surface area contributed by atoms with Crippen molar-refractivity contribution < 1.29 is 10.1 Å². The van der Waals surface area contributed by atoms with Crippen LogP contribution in [0.2, 0.25) is 0 Å². The largest absolute Gasteiger partial charge is 0.374 e. The Morgan fingerprint density at radius 1 is 1.25 bits per heavy atom. The third-order valence-electron chi connectivity index (χ3n) is 3.35. The summed E-state index contributed by atoms with van der Waals surface area (Å²) in [6, 6.07) is 0.